The molecule has 0 radical (unpaired) electrons. The Morgan fingerprint density at radius 1 is 1.33 bits per heavy atom. The predicted molar refractivity (Wildman–Crippen MR) is 69.6 cm³/mol. The molecule has 1 atom stereocenters. The van der Waals surface area contributed by atoms with E-state index in [0.717, 1.165) is 35.6 Å². The first-order valence-corrected chi connectivity index (χ1v) is 7.00. The number of nitrogens with one attached hydrogen (secondary N) is 1. The van der Waals surface area contributed by atoms with Crippen LogP contribution in [-0.4, -0.2) is 24.1 Å². The number of aryl methyl sites for hydroxylation is 2. The van der Waals surface area contributed by atoms with E-state index in [1.165, 1.54) is 24.4 Å². The first kappa shape index (κ1) is 11.6. The summed E-state index contributed by atoms with van der Waals surface area (Å²) in [6, 6.07) is 0.108. The van der Waals surface area contributed by atoms with Gasteiger partial charge in [-0.1, -0.05) is 0 Å². The Morgan fingerprint density at radius 2 is 2.22 bits per heavy atom. The zero-order valence-electron chi connectivity index (χ0n) is 10.6. The number of rotatable bonds is 3. The number of anilines is 1. The van der Waals surface area contributed by atoms with Crippen molar-refractivity contribution >= 4 is 16.7 Å². The number of aromatic nitrogens is 5. The van der Waals surface area contributed by atoms with E-state index in [2.05, 4.69) is 36.4 Å². The highest BCUT2D eigenvalue weighted by molar-refractivity contribution is 7.09. The van der Waals surface area contributed by atoms with Gasteiger partial charge in [-0.3, -0.25) is 0 Å². The summed E-state index contributed by atoms with van der Waals surface area (Å²) in [6.45, 7) is 5.01. The molecule has 0 saturated carbocycles. The van der Waals surface area contributed by atoms with Crippen LogP contribution in [0.25, 0.3) is 0 Å². The summed E-state index contributed by atoms with van der Waals surface area (Å²) in [5, 5.41) is 12.8. The molecule has 2 aromatic heterocycles. The monoisotopic (exact) mass is 264 g/mol. The molecular formula is C11H16N6S. The van der Waals surface area contributed by atoms with Crippen molar-refractivity contribution in [3.8, 4) is 0 Å². The van der Waals surface area contributed by atoms with E-state index in [-0.39, 0.29) is 6.04 Å². The van der Waals surface area contributed by atoms with Crippen LogP contribution in [0.3, 0.4) is 0 Å². The van der Waals surface area contributed by atoms with E-state index < -0.39 is 0 Å². The molecule has 2 aromatic rings. The second-order valence-corrected chi connectivity index (χ2v) is 5.35. The molecule has 0 amide bonds. The molecule has 1 unspecified atom stereocenters. The molecule has 0 fully saturated rings. The van der Waals surface area contributed by atoms with Crippen molar-refractivity contribution in [2.45, 2.75) is 45.7 Å². The molecule has 1 N–H and O–H groups in total. The summed E-state index contributed by atoms with van der Waals surface area (Å²) in [5.41, 5.74) is 0. The van der Waals surface area contributed by atoms with Crippen LogP contribution >= 0.6 is 11.5 Å². The first-order valence-electron chi connectivity index (χ1n) is 6.23. The molecule has 7 heteroatoms. The van der Waals surface area contributed by atoms with E-state index in [0.29, 0.717) is 0 Å². The average molecular weight is 264 g/mol. The summed E-state index contributed by atoms with van der Waals surface area (Å²) in [5.74, 6) is 2.91. The highest BCUT2D eigenvalue weighted by Gasteiger charge is 2.20. The van der Waals surface area contributed by atoms with Crippen molar-refractivity contribution in [2.75, 3.05) is 5.32 Å². The minimum absolute atomic E-state index is 0.108. The number of fused-ring (bicyclic) bond motifs is 1. The largest absolute Gasteiger partial charge is 0.351 e. The molecule has 6 nitrogen and oxygen atoms in total. The molecule has 1 aliphatic rings. The van der Waals surface area contributed by atoms with Gasteiger partial charge < -0.3 is 9.88 Å². The Kier molecular flexibility index (Phi) is 2.99. The molecule has 3 rings (SSSR count). The molecule has 1 aliphatic heterocycles. The number of hydrogen-bond donors (Lipinski definition) is 1. The van der Waals surface area contributed by atoms with Gasteiger partial charge in [0.15, 0.2) is 5.82 Å². The van der Waals surface area contributed by atoms with Gasteiger partial charge in [0, 0.05) is 24.5 Å². The third-order valence-electron chi connectivity index (χ3n) is 3.14. The summed E-state index contributed by atoms with van der Waals surface area (Å²) >= 11 is 1.38. The molecule has 96 valence electrons. The Morgan fingerprint density at radius 3 is 3.00 bits per heavy atom. The molecule has 18 heavy (non-hydrogen) atoms. The SMILES string of the molecule is Cc1nsc(NC(C)c2nnc3n2CCCC3)n1. The van der Waals surface area contributed by atoms with Crippen LogP contribution in [0.15, 0.2) is 0 Å². The summed E-state index contributed by atoms with van der Waals surface area (Å²) in [7, 11) is 0. The van der Waals surface area contributed by atoms with E-state index in [1.54, 1.807) is 0 Å². The van der Waals surface area contributed by atoms with E-state index in [9.17, 15) is 0 Å². The smallest absolute Gasteiger partial charge is 0.203 e. The van der Waals surface area contributed by atoms with Crippen LogP contribution in [0.1, 0.15) is 43.3 Å². The maximum absolute atomic E-state index is 4.31. The zero-order chi connectivity index (χ0) is 12.5. The molecular weight excluding hydrogens is 248 g/mol. The van der Waals surface area contributed by atoms with Gasteiger partial charge >= 0.3 is 0 Å². The van der Waals surface area contributed by atoms with Gasteiger partial charge in [0.2, 0.25) is 5.13 Å². The Hall–Kier alpha value is -1.50. The average Bonchev–Trinajstić information content (AvgIpc) is 2.95. The second-order valence-electron chi connectivity index (χ2n) is 4.60. The van der Waals surface area contributed by atoms with Crippen molar-refractivity contribution < 1.29 is 0 Å². The van der Waals surface area contributed by atoms with Gasteiger partial charge in [0.25, 0.3) is 0 Å². The molecule has 0 bridgehead atoms. The van der Waals surface area contributed by atoms with Gasteiger partial charge in [-0.05, 0) is 26.7 Å². The van der Waals surface area contributed by atoms with Gasteiger partial charge in [-0.2, -0.15) is 4.37 Å². The van der Waals surface area contributed by atoms with E-state index in [1.807, 2.05) is 6.92 Å². The van der Waals surface area contributed by atoms with Crippen molar-refractivity contribution in [3.05, 3.63) is 17.5 Å². The van der Waals surface area contributed by atoms with Crippen LogP contribution in [0, 0.1) is 6.92 Å². The summed E-state index contributed by atoms with van der Waals surface area (Å²) in [4.78, 5) is 4.31. The van der Waals surface area contributed by atoms with Crippen molar-refractivity contribution in [2.24, 2.45) is 0 Å². The highest BCUT2D eigenvalue weighted by Crippen LogP contribution is 2.22. The lowest BCUT2D eigenvalue weighted by molar-refractivity contribution is 0.500. The van der Waals surface area contributed by atoms with Crippen LogP contribution in [0.2, 0.25) is 0 Å². The third-order valence-corrected chi connectivity index (χ3v) is 3.88. The fourth-order valence-electron chi connectivity index (χ4n) is 2.26. The minimum atomic E-state index is 0.108. The second kappa shape index (κ2) is 4.64. The zero-order valence-corrected chi connectivity index (χ0v) is 11.4. The number of nitrogens with zero attached hydrogens (tertiary/aromatic N) is 5. The quantitative estimate of drug-likeness (QED) is 0.917. The van der Waals surface area contributed by atoms with Crippen molar-refractivity contribution in [3.63, 3.8) is 0 Å². The standard InChI is InChI=1S/C11H16N6S/c1-7(12-11-13-8(2)16-18-11)10-15-14-9-5-3-4-6-17(9)10/h7H,3-6H2,1-2H3,(H,12,13,16). The van der Waals surface area contributed by atoms with E-state index >= 15 is 0 Å². The van der Waals surface area contributed by atoms with Crippen molar-refractivity contribution in [1.29, 1.82) is 0 Å². The van der Waals surface area contributed by atoms with Gasteiger partial charge in [-0.15, -0.1) is 10.2 Å². The normalized spacial score (nSPS) is 16.3. The third kappa shape index (κ3) is 2.10. The van der Waals surface area contributed by atoms with Crippen LogP contribution in [0.5, 0.6) is 0 Å². The molecule has 0 aliphatic carbocycles. The van der Waals surface area contributed by atoms with Crippen LogP contribution < -0.4 is 5.32 Å². The first-order chi connectivity index (χ1) is 8.74. The topological polar surface area (TPSA) is 68.5 Å². The molecule has 0 saturated heterocycles. The van der Waals surface area contributed by atoms with Gasteiger partial charge in [0.05, 0.1) is 6.04 Å². The fraction of sp³-hybridized carbons (Fsp3) is 0.636. The maximum Gasteiger partial charge on any atom is 0.203 e. The number of hydrogen-bond acceptors (Lipinski definition) is 6. The Labute approximate surface area is 110 Å². The lowest BCUT2D eigenvalue weighted by Crippen LogP contribution is -2.18. The molecule has 0 aromatic carbocycles. The summed E-state index contributed by atoms with van der Waals surface area (Å²) in [6.07, 6.45) is 3.47. The predicted octanol–water partition coefficient (Wildman–Crippen LogP) is 1.95. The lowest BCUT2D eigenvalue weighted by Gasteiger charge is -2.18. The van der Waals surface area contributed by atoms with Gasteiger partial charge in [0.1, 0.15) is 11.6 Å². The van der Waals surface area contributed by atoms with E-state index in [4.69, 9.17) is 0 Å². The van der Waals surface area contributed by atoms with Crippen LogP contribution in [-0.2, 0) is 13.0 Å². The summed E-state index contributed by atoms with van der Waals surface area (Å²) < 4.78 is 6.39. The lowest BCUT2D eigenvalue weighted by atomic mass is 10.1. The molecule has 3 heterocycles. The minimum Gasteiger partial charge on any atom is -0.351 e. The van der Waals surface area contributed by atoms with Gasteiger partial charge in [-0.25, -0.2) is 4.98 Å². The van der Waals surface area contributed by atoms with Crippen LogP contribution in [0.4, 0.5) is 5.13 Å². The Balaban J connectivity index is 1.79. The fourth-order valence-corrected chi connectivity index (χ4v) is 2.92. The maximum atomic E-state index is 4.31. The highest BCUT2D eigenvalue weighted by atomic mass is 32.1. The Bertz CT molecular complexity index is 545. The molecule has 0 spiro atoms. The van der Waals surface area contributed by atoms with Crippen molar-refractivity contribution in [1.82, 2.24) is 24.1 Å².